The zero-order chi connectivity index (χ0) is 20.2. The summed E-state index contributed by atoms with van der Waals surface area (Å²) in [6, 6.07) is 14.5. The van der Waals surface area contributed by atoms with Crippen LogP contribution in [0.5, 0.6) is 5.75 Å². The lowest BCUT2D eigenvalue weighted by atomic mass is 9.85. The average Bonchev–Trinajstić information content (AvgIpc) is 2.72. The predicted octanol–water partition coefficient (Wildman–Crippen LogP) is 4.03. The number of amides is 2. The lowest BCUT2D eigenvalue weighted by Gasteiger charge is -2.25. The van der Waals surface area contributed by atoms with Gasteiger partial charge in [-0.15, -0.1) is 0 Å². The summed E-state index contributed by atoms with van der Waals surface area (Å²) in [6.07, 6.45) is 5.07. The van der Waals surface area contributed by atoms with Gasteiger partial charge in [-0.05, 0) is 48.4 Å². The van der Waals surface area contributed by atoms with E-state index in [0.717, 1.165) is 23.6 Å². The second-order valence-electron chi connectivity index (χ2n) is 7.22. The lowest BCUT2D eigenvalue weighted by Crippen LogP contribution is -2.33. The Morgan fingerprint density at radius 2 is 1.83 bits per heavy atom. The molecule has 1 aliphatic carbocycles. The molecule has 3 aromatic rings. The molecule has 1 fully saturated rings. The molecule has 0 unspecified atom stereocenters. The molecule has 2 amide bonds. The molecule has 1 heterocycles. The molecule has 2 N–H and O–H groups in total. The van der Waals surface area contributed by atoms with Crippen molar-refractivity contribution in [2.75, 3.05) is 19.0 Å². The Hall–Kier alpha value is -3.41. The van der Waals surface area contributed by atoms with Crippen LogP contribution in [0.4, 0.5) is 5.69 Å². The largest absolute Gasteiger partial charge is 0.496 e. The highest BCUT2D eigenvalue weighted by Gasteiger charge is 2.21. The van der Waals surface area contributed by atoms with E-state index in [2.05, 4.69) is 15.6 Å². The molecule has 4 rings (SSSR count). The first-order valence-electron chi connectivity index (χ1n) is 9.77. The zero-order valence-corrected chi connectivity index (χ0v) is 16.3. The van der Waals surface area contributed by atoms with E-state index in [0.29, 0.717) is 29.5 Å². The number of pyridine rings is 1. The molecule has 29 heavy (non-hydrogen) atoms. The van der Waals surface area contributed by atoms with Gasteiger partial charge in [0, 0.05) is 23.7 Å². The predicted molar refractivity (Wildman–Crippen MR) is 112 cm³/mol. The van der Waals surface area contributed by atoms with Gasteiger partial charge in [-0.1, -0.05) is 30.7 Å². The summed E-state index contributed by atoms with van der Waals surface area (Å²) >= 11 is 0. The van der Waals surface area contributed by atoms with Gasteiger partial charge in [-0.25, -0.2) is 4.98 Å². The Morgan fingerprint density at radius 3 is 2.55 bits per heavy atom. The number of benzene rings is 2. The summed E-state index contributed by atoms with van der Waals surface area (Å²) in [6.45, 7) is 0.645. The number of anilines is 1. The fourth-order valence-corrected chi connectivity index (χ4v) is 3.54. The van der Waals surface area contributed by atoms with Crippen molar-refractivity contribution in [3.63, 3.8) is 0 Å². The van der Waals surface area contributed by atoms with E-state index in [1.165, 1.54) is 6.42 Å². The molecule has 0 spiro atoms. The molecule has 0 bridgehead atoms. The maximum Gasteiger partial charge on any atom is 0.272 e. The maximum atomic E-state index is 13.0. The van der Waals surface area contributed by atoms with Crippen LogP contribution in [0.1, 0.15) is 40.1 Å². The first-order valence-corrected chi connectivity index (χ1v) is 9.77. The van der Waals surface area contributed by atoms with Gasteiger partial charge in [0.1, 0.15) is 5.75 Å². The van der Waals surface area contributed by atoms with E-state index in [-0.39, 0.29) is 17.5 Å². The van der Waals surface area contributed by atoms with Crippen molar-refractivity contribution in [1.82, 2.24) is 10.3 Å². The minimum absolute atomic E-state index is 0.220. The van der Waals surface area contributed by atoms with Gasteiger partial charge in [0.25, 0.3) is 11.8 Å². The molecule has 1 aromatic heterocycles. The van der Waals surface area contributed by atoms with Gasteiger partial charge >= 0.3 is 0 Å². The second-order valence-corrected chi connectivity index (χ2v) is 7.22. The van der Waals surface area contributed by atoms with Crippen LogP contribution in [0.2, 0.25) is 0 Å². The number of nitrogens with zero attached hydrogens (tertiary/aromatic N) is 1. The summed E-state index contributed by atoms with van der Waals surface area (Å²) in [4.78, 5) is 29.8. The summed E-state index contributed by atoms with van der Waals surface area (Å²) < 4.78 is 5.40. The number of ether oxygens (including phenoxy) is 1. The van der Waals surface area contributed by atoms with Gasteiger partial charge in [0.15, 0.2) is 5.69 Å². The van der Waals surface area contributed by atoms with Gasteiger partial charge in [0.05, 0.1) is 12.8 Å². The van der Waals surface area contributed by atoms with Crippen LogP contribution in [0.15, 0.2) is 54.7 Å². The molecule has 0 radical (unpaired) electrons. The topological polar surface area (TPSA) is 80.3 Å². The van der Waals surface area contributed by atoms with Crippen molar-refractivity contribution < 1.29 is 14.3 Å². The van der Waals surface area contributed by atoms with E-state index >= 15 is 0 Å². The van der Waals surface area contributed by atoms with Gasteiger partial charge < -0.3 is 15.4 Å². The molecule has 6 nitrogen and oxygen atoms in total. The SMILES string of the molecule is COc1ccc(C(=O)Nc2cccnc2C(=O)NCC2CCC2)c2ccccc12. The van der Waals surface area contributed by atoms with Crippen molar-refractivity contribution in [1.29, 1.82) is 0 Å². The van der Waals surface area contributed by atoms with Gasteiger partial charge in [0.2, 0.25) is 0 Å². The highest BCUT2D eigenvalue weighted by atomic mass is 16.5. The van der Waals surface area contributed by atoms with Gasteiger partial charge in [-0.3, -0.25) is 9.59 Å². The van der Waals surface area contributed by atoms with Crippen LogP contribution in [-0.4, -0.2) is 30.5 Å². The quantitative estimate of drug-likeness (QED) is 0.667. The van der Waals surface area contributed by atoms with Crippen LogP contribution in [0.3, 0.4) is 0 Å². The molecule has 6 heteroatoms. The summed E-state index contributed by atoms with van der Waals surface area (Å²) in [5, 5.41) is 7.42. The molecule has 1 aliphatic rings. The van der Waals surface area contributed by atoms with Crippen molar-refractivity contribution >= 4 is 28.3 Å². The van der Waals surface area contributed by atoms with Crippen molar-refractivity contribution in [3.05, 3.63) is 66.0 Å². The molecule has 0 atom stereocenters. The van der Waals surface area contributed by atoms with Crippen LogP contribution in [0, 0.1) is 5.92 Å². The monoisotopic (exact) mass is 389 g/mol. The highest BCUT2D eigenvalue weighted by Crippen LogP contribution is 2.29. The average molecular weight is 389 g/mol. The summed E-state index contributed by atoms with van der Waals surface area (Å²) in [5.41, 5.74) is 1.12. The fraction of sp³-hybridized carbons (Fsp3) is 0.261. The number of methoxy groups -OCH3 is 1. The van der Waals surface area contributed by atoms with Crippen molar-refractivity contribution in [3.8, 4) is 5.75 Å². The summed E-state index contributed by atoms with van der Waals surface area (Å²) in [5.74, 6) is 0.679. The van der Waals surface area contributed by atoms with Crippen molar-refractivity contribution in [2.24, 2.45) is 5.92 Å². The molecule has 0 aliphatic heterocycles. The number of carbonyl (C=O) groups is 2. The molecule has 0 saturated heterocycles. The molecular formula is C23H23N3O3. The Bertz CT molecular complexity index is 1060. The molecule has 1 saturated carbocycles. The number of hydrogen-bond acceptors (Lipinski definition) is 4. The summed E-state index contributed by atoms with van der Waals surface area (Å²) in [7, 11) is 1.60. The molecular weight excluding hydrogens is 366 g/mol. The Kier molecular flexibility index (Phi) is 5.42. The van der Waals surface area contributed by atoms with E-state index in [1.54, 1.807) is 37.6 Å². The third-order valence-electron chi connectivity index (χ3n) is 5.40. The Labute approximate surface area is 169 Å². The number of rotatable bonds is 6. The molecule has 2 aromatic carbocycles. The third kappa shape index (κ3) is 3.92. The first-order chi connectivity index (χ1) is 14.2. The van der Waals surface area contributed by atoms with E-state index in [4.69, 9.17) is 4.74 Å². The van der Waals surface area contributed by atoms with E-state index in [1.807, 2.05) is 24.3 Å². The van der Waals surface area contributed by atoms with Gasteiger partial charge in [-0.2, -0.15) is 0 Å². The Morgan fingerprint density at radius 1 is 1.03 bits per heavy atom. The fourth-order valence-electron chi connectivity index (χ4n) is 3.54. The van der Waals surface area contributed by atoms with E-state index < -0.39 is 0 Å². The third-order valence-corrected chi connectivity index (χ3v) is 5.40. The highest BCUT2D eigenvalue weighted by molar-refractivity contribution is 6.15. The Balaban J connectivity index is 1.58. The number of carbonyl (C=O) groups excluding carboxylic acids is 2. The number of fused-ring (bicyclic) bond motifs is 1. The minimum Gasteiger partial charge on any atom is -0.496 e. The number of aromatic nitrogens is 1. The smallest absolute Gasteiger partial charge is 0.272 e. The van der Waals surface area contributed by atoms with Crippen LogP contribution in [-0.2, 0) is 0 Å². The van der Waals surface area contributed by atoms with Crippen LogP contribution in [0.25, 0.3) is 10.8 Å². The standard InChI is InChI=1S/C23H23N3O3/c1-29-20-12-11-18(16-8-2-3-9-17(16)20)22(27)26-19-10-5-13-24-21(19)23(28)25-14-15-6-4-7-15/h2-3,5,8-13,15H,4,6-7,14H2,1H3,(H,25,28)(H,26,27). The van der Waals surface area contributed by atoms with E-state index in [9.17, 15) is 9.59 Å². The van der Waals surface area contributed by atoms with Crippen LogP contribution < -0.4 is 15.4 Å². The first kappa shape index (κ1) is 18.9. The molecule has 148 valence electrons. The lowest BCUT2D eigenvalue weighted by molar-refractivity contribution is 0.0935. The second kappa shape index (κ2) is 8.31. The minimum atomic E-state index is -0.301. The van der Waals surface area contributed by atoms with Crippen LogP contribution >= 0.6 is 0 Å². The normalized spacial score (nSPS) is 13.6. The number of nitrogens with one attached hydrogen (secondary N) is 2. The maximum absolute atomic E-state index is 13.0. The number of hydrogen-bond donors (Lipinski definition) is 2. The van der Waals surface area contributed by atoms with Crippen molar-refractivity contribution in [2.45, 2.75) is 19.3 Å². The zero-order valence-electron chi connectivity index (χ0n) is 16.3.